The molecule has 0 aliphatic carbocycles. The van der Waals surface area contributed by atoms with Gasteiger partial charge in [-0.15, -0.1) is 0 Å². The predicted octanol–water partition coefficient (Wildman–Crippen LogP) is 8.04. The third-order valence-corrected chi connectivity index (χ3v) is 10.7. The van der Waals surface area contributed by atoms with Crippen LogP contribution in [-0.4, -0.2) is 67.6 Å². The van der Waals surface area contributed by atoms with Gasteiger partial charge >= 0.3 is 11.9 Å². The van der Waals surface area contributed by atoms with E-state index >= 15 is 0 Å². The number of nitro groups is 1. The van der Waals surface area contributed by atoms with E-state index in [1.54, 1.807) is 0 Å². The highest BCUT2D eigenvalue weighted by molar-refractivity contribution is 5.93. The minimum atomic E-state index is -0.807. The summed E-state index contributed by atoms with van der Waals surface area (Å²) in [6, 6.07) is 25.8. The Morgan fingerprint density at radius 2 is 1.55 bits per heavy atom. The molecule has 3 N–H and O–H groups in total. The molecule has 0 saturated carbocycles. The van der Waals surface area contributed by atoms with Crippen LogP contribution < -0.4 is 9.64 Å². The Morgan fingerprint density at radius 1 is 0.891 bits per heavy atom. The monoisotopic (exact) mass is 748 g/mol. The van der Waals surface area contributed by atoms with Gasteiger partial charge in [0.2, 0.25) is 11.4 Å². The third-order valence-electron chi connectivity index (χ3n) is 10.7. The first-order chi connectivity index (χ1) is 25.9. The fraction of sp³-hybridized carbons (Fsp3) is 0.302. The molecular formula is C43H46N3O9+. The Kier molecular flexibility index (Phi) is 11.3. The van der Waals surface area contributed by atoms with Gasteiger partial charge in [-0.1, -0.05) is 48.0 Å². The molecule has 0 saturated heterocycles. The molecule has 7 rings (SSSR count). The number of phenolic OH excluding ortho intramolecular Hbond substituents is 1. The fourth-order valence-corrected chi connectivity index (χ4v) is 7.41. The van der Waals surface area contributed by atoms with Crippen LogP contribution in [0.2, 0.25) is 0 Å². The zero-order valence-electron chi connectivity index (χ0n) is 31.8. The lowest BCUT2D eigenvalue weighted by molar-refractivity contribution is -0.438. The van der Waals surface area contributed by atoms with Crippen molar-refractivity contribution in [3.8, 4) is 11.5 Å². The first kappa shape index (κ1) is 39.9. The van der Waals surface area contributed by atoms with Crippen molar-refractivity contribution in [2.45, 2.75) is 70.9 Å². The number of carboxylic acid groups (broad SMARTS) is 2. The second-order valence-electron chi connectivity index (χ2n) is 14.8. The van der Waals surface area contributed by atoms with E-state index in [-0.39, 0.29) is 40.7 Å². The van der Waals surface area contributed by atoms with Crippen LogP contribution in [0.15, 0.2) is 91.0 Å². The van der Waals surface area contributed by atoms with Crippen molar-refractivity contribution >= 4 is 47.1 Å². The summed E-state index contributed by atoms with van der Waals surface area (Å²) in [6.07, 6.45) is 4.79. The van der Waals surface area contributed by atoms with Gasteiger partial charge in [0.25, 0.3) is 5.69 Å². The van der Waals surface area contributed by atoms with E-state index < -0.39 is 22.6 Å². The number of fused-ring (bicyclic) bond motifs is 3. The second kappa shape index (κ2) is 15.6. The summed E-state index contributed by atoms with van der Waals surface area (Å²) in [4.78, 5) is 43.8. The largest absolute Gasteiger partial charge is 0.507 e. The number of para-hydroxylation sites is 2. The Morgan fingerprint density at radius 3 is 2.20 bits per heavy atom. The predicted molar refractivity (Wildman–Crippen MR) is 210 cm³/mol. The van der Waals surface area contributed by atoms with Crippen LogP contribution >= 0.6 is 0 Å². The molecular weight excluding hydrogens is 702 g/mol. The summed E-state index contributed by atoms with van der Waals surface area (Å²) in [5.41, 5.74) is 6.73. The molecule has 1 spiro atoms. The number of nitro benzene ring substituents is 1. The zero-order valence-corrected chi connectivity index (χ0v) is 31.8. The molecule has 0 fully saturated rings. The van der Waals surface area contributed by atoms with E-state index in [4.69, 9.17) is 14.9 Å². The molecule has 4 aromatic rings. The molecule has 4 aromatic carbocycles. The van der Waals surface area contributed by atoms with Crippen LogP contribution in [0, 0.1) is 17.0 Å². The highest BCUT2D eigenvalue weighted by Crippen LogP contribution is 2.55. The number of hydrogen-bond acceptors (Lipinski definition) is 8. The third kappa shape index (κ3) is 7.71. The maximum Gasteiger partial charge on any atom is 0.309 e. The topological polar surface area (TPSA) is 171 Å². The van der Waals surface area contributed by atoms with Crippen LogP contribution in [0.5, 0.6) is 11.5 Å². The summed E-state index contributed by atoms with van der Waals surface area (Å²) in [7, 11) is 0. The molecule has 12 nitrogen and oxygen atoms in total. The molecule has 286 valence electrons. The second-order valence-corrected chi connectivity index (χ2v) is 14.8. The first-order valence-corrected chi connectivity index (χ1v) is 17.9. The Bertz CT molecular complexity index is 2220. The molecule has 0 aromatic heterocycles. The van der Waals surface area contributed by atoms with Gasteiger partial charge in [0, 0.05) is 48.5 Å². The standard InChI is InChI=1S/C22H23NO3.C14H17NO2.C7H5NO4/c1-15-8-9-19-16(14-15)10-12-22(26-19)21(2,3)17-6-4-5-7-18(17)23(22)13-11-20(24)25;1-10-14(2,3)11-6-4-5-7-12(11)15(10)9-8-13(16)17;9-4-5-3-6(8(11)12)1-2-7(5)10/h4-10,12,14H,11,13H2,1-3H3,(H,24,25);4-7H,8-9H2,1-3H3;1-4,10H/p+1/t22-;;/m1../s1. The summed E-state index contributed by atoms with van der Waals surface area (Å²) in [5.74, 6) is -0.979. The Labute approximate surface area is 319 Å². The number of non-ortho nitro benzene ring substituents is 1. The number of carbonyl (C=O) groups is 3. The number of carboxylic acids is 2. The quantitative estimate of drug-likeness (QED) is 0.0694. The van der Waals surface area contributed by atoms with E-state index in [1.807, 2.05) is 36.4 Å². The van der Waals surface area contributed by atoms with Gasteiger partial charge in [-0.05, 0) is 76.6 Å². The summed E-state index contributed by atoms with van der Waals surface area (Å²) in [6.45, 7) is 13.8. The van der Waals surface area contributed by atoms with Gasteiger partial charge in [-0.25, -0.2) is 0 Å². The molecule has 0 radical (unpaired) electrons. The summed E-state index contributed by atoms with van der Waals surface area (Å²) in [5, 5.41) is 37.2. The molecule has 3 heterocycles. The number of nitrogens with zero attached hydrogens (tertiary/aromatic N) is 3. The molecule has 0 bridgehead atoms. The summed E-state index contributed by atoms with van der Waals surface area (Å²) >= 11 is 0. The van der Waals surface area contributed by atoms with E-state index in [0.717, 1.165) is 40.9 Å². The number of anilines is 1. The van der Waals surface area contributed by atoms with E-state index in [9.17, 15) is 29.6 Å². The SMILES string of the molecule is CC1=[N+](CCC(=O)O)c2ccccc2C1(C)C.Cc1ccc2c(c1)C=C[C@]1(O2)N(CCC(=O)O)c2ccccc2C1(C)C.O=Cc1cc([N+](=O)[O-])ccc1O. The van der Waals surface area contributed by atoms with Crippen LogP contribution in [-0.2, 0) is 20.4 Å². The number of aryl methyl sites for hydroxylation is 1. The Balaban J connectivity index is 0.000000172. The van der Waals surface area contributed by atoms with Crippen molar-refractivity contribution in [3.63, 3.8) is 0 Å². The normalized spacial score (nSPS) is 17.7. The minimum absolute atomic E-state index is 0.00486. The van der Waals surface area contributed by atoms with E-state index in [2.05, 4.69) is 93.5 Å². The number of benzene rings is 4. The molecule has 3 aliphatic heterocycles. The maximum atomic E-state index is 11.3. The average Bonchev–Trinajstić information content (AvgIpc) is 3.45. The lowest BCUT2D eigenvalue weighted by Crippen LogP contribution is -2.59. The lowest BCUT2D eigenvalue weighted by atomic mass is 9.76. The molecule has 0 amide bonds. The van der Waals surface area contributed by atoms with Crippen molar-refractivity contribution in [1.82, 2.24) is 0 Å². The highest BCUT2D eigenvalue weighted by Gasteiger charge is 2.58. The van der Waals surface area contributed by atoms with Gasteiger partial charge in [-0.2, -0.15) is 4.58 Å². The lowest BCUT2D eigenvalue weighted by Gasteiger charge is -2.47. The number of ether oxygens (including phenoxy) is 1. The fourth-order valence-electron chi connectivity index (χ4n) is 7.41. The molecule has 55 heavy (non-hydrogen) atoms. The van der Waals surface area contributed by atoms with Crippen LogP contribution in [0.4, 0.5) is 17.1 Å². The van der Waals surface area contributed by atoms with Gasteiger partial charge in [0.15, 0.2) is 18.5 Å². The van der Waals surface area contributed by atoms with E-state index in [1.165, 1.54) is 22.4 Å². The number of aliphatic carboxylic acids is 2. The van der Waals surface area contributed by atoms with Crippen molar-refractivity contribution in [3.05, 3.63) is 129 Å². The van der Waals surface area contributed by atoms with Crippen molar-refractivity contribution in [2.75, 3.05) is 18.0 Å². The van der Waals surface area contributed by atoms with Crippen LogP contribution in [0.25, 0.3) is 6.08 Å². The Hall–Kier alpha value is -6.30. The van der Waals surface area contributed by atoms with Crippen LogP contribution in [0.3, 0.4) is 0 Å². The van der Waals surface area contributed by atoms with Crippen molar-refractivity contribution < 1.29 is 43.9 Å². The minimum Gasteiger partial charge on any atom is -0.507 e. The zero-order chi connectivity index (χ0) is 40.3. The van der Waals surface area contributed by atoms with Gasteiger partial charge in [-0.3, -0.25) is 24.5 Å². The van der Waals surface area contributed by atoms with Gasteiger partial charge in [0.1, 0.15) is 17.9 Å². The van der Waals surface area contributed by atoms with Gasteiger partial charge in [0.05, 0.1) is 27.7 Å². The smallest absolute Gasteiger partial charge is 0.309 e. The number of rotatable bonds is 8. The number of aldehydes is 1. The molecule has 1 atom stereocenters. The van der Waals surface area contributed by atoms with Crippen molar-refractivity contribution in [2.24, 2.45) is 0 Å². The number of phenols is 1. The highest BCUT2D eigenvalue weighted by atomic mass is 16.6. The maximum absolute atomic E-state index is 11.3. The molecule has 3 aliphatic rings. The van der Waals surface area contributed by atoms with E-state index in [0.29, 0.717) is 19.4 Å². The van der Waals surface area contributed by atoms with Crippen molar-refractivity contribution in [1.29, 1.82) is 0 Å². The van der Waals surface area contributed by atoms with Crippen LogP contribution in [0.1, 0.15) is 80.1 Å². The number of aromatic hydroxyl groups is 1. The molecule has 12 heteroatoms. The summed E-state index contributed by atoms with van der Waals surface area (Å²) < 4.78 is 8.75. The first-order valence-electron chi connectivity index (χ1n) is 17.9. The van der Waals surface area contributed by atoms with Gasteiger partial charge < -0.3 is 25.0 Å². The number of hydrogen-bond donors (Lipinski definition) is 3. The number of carbonyl (C=O) groups excluding carboxylic acids is 1. The molecule has 0 unspecified atom stereocenters. The average molecular weight is 749 g/mol.